The van der Waals surface area contributed by atoms with Gasteiger partial charge in [0.1, 0.15) is 17.4 Å². The first kappa shape index (κ1) is 14.0. The second-order valence-electron chi connectivity index (χ2n) is 4.41. The number of benzene rings is 2. The lowest BCUT2D eigenvalue weighted by molar-refractivity contribution is 0.0780. The van der Waals surface area contributed by atoms with Crippen molar-refractivity contribution in [2.75, 3.05) is 7.05 Å². The van der Waals surface area contributed by atoms with Crippen molar-refractivity contribution in [3.8, 4) is 5.75 Å². The van der Waals surface area contributed by atoms with Crippen LogP contribution in [0.3, 0.4) is 0 Å². The molecule has 2 aromatic rings. The van der Waals surface area contributed by atoms with Gasteiger partial charge < -0.3 is 10.0 Å². The first-order valence-electron chi connectivity index (χ1n) is 5.96. The van der Waals surface area contributed by atoms with Gasteiger partial charge in [-0.2, -0.15) is 0 Å². The summed E-state index contributed by atoms with van der Waals surface area (Å²) in [6.07, 6.45) is 0. The van der Waals surface area contributed by atoms with Gasteiger partial charge in [0.2, 0.25) is 0 Å². The maximum absolute atomic E-state index is 13.5. The molecule has 1 N–H and O–H groups in total. The minimum absolute atomic E-state index is 0.0292. The molecule has 0 fully saturated rings. The number of nitrogens with zero attached hydrogens (tertiary/aromatic N) is 1. The summed E-state index contributed by atoms with van der Waals surface area (Å²) in [5.74, 6) is -1.93. The third kappa shape index (κ3) is 2.93. The van der Waals surface area contributed by atoms with Gasteiger partial charge in [0.05, 0.1) is 5.56 Å². The predicted octanol–water partition coefficient (Wildman–Crippen LogP) is 2.94. The Morgan fingerprint density at radius 3 is 2.60 bits per heavy atom. The van der Waals surface area contributed by atoms with Crippen LogP contribution in [0.15, 0.2) is 42.5 Å². The molecule has 0 aromatic heterocycles. The highest BCUT2D eigenvalue weighted by Gasteiger charge is 2.17. The molecule has 0 unspecified atom stereocenters. The fraction of sp³-hybridized carbons (Fsp3) is 0.133. The molecule has 0 aliphatic heterocycles. The van der Waals surface area contributed by atoms with E-state index in [-0.39, 0.29) is 17.9 Å². The maximum atomic E-state index is 13.5. The van der Waals surface area contributed by atoms with Crippen LogP contribution in [0.4, 0.5) is 8.78 Å². The first-order valence-corrected chi connectivity index (χ1v) is 5.96. The molecule has 104 valence electrons. The number of hydrogen-bond acceptors (Lipinski definition) is 2. The van der Waals surface area contributed by atoms with E-state index in [4.69, 9.17) is 0 Å². The van der Waals surface area contributed by atoms with Crippen molar-refractivity contribution in [2.45, 2.75) is 6.54 Å². The molecule has 0 saturated carbocycles. The average Bonchev–Trinajstić information content (AvgIpc) is 2.43. The van der Waals surface area contributed by atoms with E-state index in [2.05, 4.69) is 0 Å². The summed E-state index contributed by atoms with van der Waals surface area (Å²) in [5, 5.41) is 9.59. The number of halogens is 2. The topological polar surface area (TPSA) is 40.5 Å². The number of carbonyl (C=O) groups excluding carboxylic acids is 1. The van der Waals surface area contributed by atoms with E-state index in [0.29, 0.717) is 5.56 Å². The van der Waals surface area contributed by atoms with Crippen molar-refractivity contribution in [1.29, 1.82) is 0 Å². The molecule has 0 aliphatic rings. The molecule has 0 aliphatic carbocycles. The lowest BCUT2D eigenvalue weighted by Gasteiger charge is -2.18. The van der Waals surface area contributed by atoms with Crippen molar-refractivity contribution in [2.24, 2.45) is 0 Å². The number of amides is 1. The van der Waals surface area contributed by atoms with Crippen LogP contribution in [0.1, 0.15) is 15.9 Å². The minimum atomic E-state index is -0.620. The third-order valence-electron chi connectivity index (χ3n) is 2.90. The Morgan fingerprint density at radius 1 is 1.20 bits per heavy atom. The molecule has 0 heterocycles. The van der Waals surface area contributed by atoms with E-state index in [1.807, 2.05) is 0 Å². The van der Waals surface area contributed by atoms with Gasteiger partial charge >= 0.3 is 0 Å². The van der Waals surface area contributed by atoms with E-state index in [0.717, 1.165) is 18.2 Å². The summed E-state index contributed by atoms with van der Waals surface area (Å²) >= 11 is 0. The number of phenolic OH excluding ortho intramolecular Hbond substituents is 1. The molecule has 3 nitrogen and oxygen atoms in total. The predicted molar refractivity (Wildman–Crippen MR) is 70.3 cm³/mol. The van der Waals surface area contributed by atoms with Crippen molar-refractivity contribution < 1.29 is 18.7 Å². The molecule has 2 aromatic carbocycles. The zero-order chi connectivity index (χ0) is 14.7. The Hall–Kier alpha value is -2.43. The smallest absolute Gasteiger partial charge is 0.257 e. The van der Waals surface area contributed by atoms with Crippen molar-refractivity contribution in [3.05, 3.63) is 65.2 Å². The minimum Gasteiger partial charge on any atom is -0.507 e. The van der Waals surface area contributed by atoms with E-state index >= 15 is 0 Å². The Kier molecular flexibility index (Phi) is 3.98. The van der Waals surface area contributed by atoms with Crippen LogP contribution in [-0.4, -0.2) is 23.0 Å². The molecule has 0 bridgehead atoms. The Balaban J connectivity index is 2.21. The summed E-state index contributed by atoms with van der Waals surface area (Å²) in [4.78, 5) is 13.3. The van der Waals surface area contributed by atoms with Crippen LogP contribution in [0, 0.1) is 11.6 Å². The second kappa shape index (κ2) is 5.69. The fourth-order valence-corrected chi connectivity index (χ4v) is 1.84. The molecule has 2 rings (SSSR count). The van der Waals surface area contributed by atoms with Gasteiger partial charge in [-0.05, 0) is 24.3 Å². The van der Waals surface area contributed by atoms with Gasteiger partial charge in [-0.15, -0.1) is 0 Å². The molecule has 0 saturated heterocycles. The van der Waals surface area contributed by atoms with Crippen LogP contribution in [0.2, 0.25) is 0 Å². The summed E-state index contributed by atoms with van der Waals surface area (Å²) in [7, 11) is 1.46. The van der Waals surface area contributed by atoms with Gasteiger partial charge in [0, 0.05) is 19.2 Å². The normalized spacial score (nSPS) is 10.3. The second-order valence-corrected chi connectivity index (χ2v) is 4.41. The van der Waals surface area contributed by atoms with Gasteiger partial charge in [0.25, 0.3) is 5.91 Å². The standard InChI is InChI=1S/C15H13F2NO2/c1-18(9-10-4-2-3-5-13(10)17)15(20)12-8-11(16)6-7-14(12)19/h2-8,19H,9H2,1H3. The largest absolute Gasteiger partial charge is 0.507 e. The Morgan fingerprint density at radius 2 is 1.90 bits per heavy atom. The van der Waals surface area contributed by atoms with Gasteiger partial charge in [0.15, 0.2) is 0 Å². The maximum Gasteiger partial charge on any atom is 0.257 e. The van der Waals surface area contributed by atoms with Gasteiger partial charge in [-0.25, -0.2) is 8.78 Å². The summed E-state index contributed by atoms with van der Waals surface area (Å²) in [5.41, 5.74) is 0.197. The highest BCUT2D eigenvalue weighted by Crippen LogP contribution is 2.20. The SMILES string of the molecule is CN(Cc1ccccc1F)C(=O)c1cc(F)ccc1O. The van der Waals surface area contributed by atoms with Crippen LogP contribution in [0.25, 0.3) is 0 Å². The van der Waals surface area contributed by atoms with Crippen molar-refractivity contribution >= 4 is 5.91 Å². The van der Waals surface area contributed by atoms with Gasteiger partial charge in [-0.1, -0.05) is 18.2 Å². The van der Waals surface area contributed by atoms with Gasteiger partial charge in [-0.3, -0.25) is 4.79 Å². The van der Waals surface area contributed by atoms with E-state index in [1.165, 1.54) is 18.0 Å². The lowest BCUT2D eigenvalue weighted by Crippen LogP contribution is -2.26. The number of carbonyl (C=O) groups is 1. The van der Waals surface area contributed by atoms with E-state index in [1.54, 1.807) is 18.2 Å². The fourth-order valence-electron chi connectivity index (χ4n) is 1.84. The van der Waals surface area contributed by atoms with Crippen LogP contribution in [-0.2, 0) is 6.54 Å². The number of aromatic hydroxyl groups is 1. The Bertz CT molecular complexity index is 644. The average molecular weight is 277 g/mol. The third-order valence-corrected chi connectivity index (χ3v) is 2.90. The first-order chi connectivity index (χ1) is 9.49. The molecule has 0 spiro atoms. The highest BCUT2D eigenvalue weighted by atomic mass is 19.1. The Labute approximate surface area is 115 Å². The lowest BCUT2D eigenvalue weighted by atomic mass is 10.1. The molecule has 0 radical (unpaired) electrons. The van der Waals surface area contributed by atoms with Crippen LogP contribution < -0.4 is 0 Å². The molecular formula is C15H13F2NO2. The van der Waals surface area contributed by atoms with Crippen molar-refractivity contribution in [1.82, 2.24) is 4.90 Å². The van der Waals surface area contributed by atoms with Crippen LogP contribution in [0.5, 0.6) is 5.75 Å². The summed E-state index contributed by atoms with van der Waals surface area (Å²) < 4.78 is 26.6. The quantitative estimate of drug-likeness (QED) is 0.937. The molecule has 20 heavy (non-hydrogen) atoms. The molecule has 0 atom stereocenters. The molecular weight excluding hydrogens is 264 g/mol. The van der Waals surface area contributed by atoms with Crippen LogP contribution >= 0.6 is 0 Å². The van der Waals surface area contributed by atoms with E-state index in [9.17, 15) is 18.7 Å². The molecule has 5 heteroatoms. The van der Waals surface area contributed by atoms with E-state index < -0.39 is 17.5 Å². The monoisotopic (exact) mass is 277 g/mol. The summed E-state index contributed by atoms with van der Waals surface area (Å²) in [6.45, 7) is 0.0292. The zero-order valence-corrected chi connectivity index (χ0v) is 10.8. The number of phenols is 1. The zero-order valence-electron chi connectivity index (χ0n) is 10.8. The number of hydrogen-bond donors (Lipinski definition) is 1. The molecule has 1 amide bonds. The highest BCUT2D eigenvalue weighted by molar-refractivity contribution is 5.96. The number of rotatable bonds is 3. The van der Waals surface area contributed by atoms with Crippen molar-refractivity contribution in [3.63, 3.8) is 0 Å². The summed E-state index contributed by atoms with van der Waals surface area (Å²) in [6, 6.07) is 9.20.